The van der Waals surface area contributed by atoms with E-state index in [1.54, 1.807) is 21.3 Å². The van der Waals surface area contributed by atoms with Crippen LogP contribution >= 0.6 is 0 Å². The molecule has 1 saturated carbocycles. The Morgan fingerprint density at radius 2 is 1.95 bits per heavy atom. The standard InChI is InChI=1S/C16H23NO2.C2H6O/c1-17-9-8-16(7-6-13(18)11-15(16)17)12-4-3-5-14(10-12)19-2;1-3-2/h3-5,10,13,15,18H,6-9,11H2,1-2H3;1-2H3/t13?,15?,16-;/m0./s1. The van der Waals surface area contributed by atoms with Crippen LogP contribution in [0.2, 0.25) is 0 Å². The SMILES string of the molecule is COC.COc1cccc([C@@]23CCC(O)CC2N(C)CC3)c1. The second-order valence-corrected chi connectivity index (χ2v) is 6.47. The first kappa shape index (κ1) is 17.3. The van der Waals surface area contributed by atoms with Crippen molar-refractivity contribution in [2.75, 3.05) is 34.9 Å². The lowest BCUT2D eigenvalue weighted by Crippen LogP contribution is -2.47. The molecule has 4 nitrogen and oxygen atoms in total. The van der Waals surface area contributed by atoms with E-state index < -0.39 is 0 Å². The molecule has 4 heteroatoms. The van der Waals surface area contributed by atoms with Crippen LogP contribution in [0.1, 0.15) is 31.2 Å². The molecule has 0 spiro atoms. The van der Waals surface area contributed by atoms with E-state index in [1.165, 1.54) is 12.0 Å². The summed E-state index contributed by atoms with van der Waals surface area (Å²) in [6, 6.07) is 8.97. The minimum Gasteiger partial charge on any atom is -0.497 e. The summed E-state index contributed by atoms with van der Waals surface area (Å²) in [5.41, 5.74) is 1.59. The zero-order chi connectivity index (χ0) is 16.2. The zero-order valence-corrected chi connectivity index (χ0v) is 14.2. The Morgan fingerprint density at radius 1 is 1.23 bits per heavy atom. The summed E-state index contributed by atoms with van der Waals surface area (Å²) in [5, 5.41) is 9.98. The summed E-state index contributed by atoms with van der Waals surface area (Å²) in [5.74, 6) is 0.936. The first-order valence-electron chi connectivity index (χ1n) is 8.00. The largest absolute Gasteiger partial charge is 0.497 e. The molecule has 1 saturated heterocycles. The van der Waals surface area contributed by atoms with Crippen LogP contribution in [0.25, 0.3) is 0 Å². The van der Waals surface area contributed by atoms with Crippen molar-refractivity contribution in [3.8, 4) is 5.75 Å². The van der Waals surface area contributed by atoms with Crippen molar-refractivity contribution in [1.29, 1.82) is 0 Å². The van der Waals surface area contributed by atoms with E-state index in [9.17, 15) is 5.11 Å². The lowest BCUT2D eigenvalue weighted by Gasteiger charge is -2.43. The van der Waals surface area contributed by atoms with Crippen LogP contribution in [0.3, 0.4) is 0 Å². The molecular weight excluding hydrogens is 278 g/mol. The molecule has 1 aliphatic heterocycles. The Balaban J connectivity index is 0.000000545. The fourth-order valence-electron chi connectivity index (χ4n) is 4.03. The van der Waals surface area contributed by atoms with E-state index in [0.717, 1.165) is 31.6 Å². The lowest BCUT2D eigenvalue weighted by atomic mass is 9.65. The maximum absolute atomic E-state index is 9.98. The number of hydrogen-bond acceptors (Lipinski definition) is 4. The number of hydrogen-bond donors (Lipinski definition) is 1. The van der Waals surface area contributed by atoms with Gasteiger partial charge in [0, 0.05) is 25.7 Å². The number of nitrogens with zero attached hydrogens (tertiary/aromatic N) is 1. The van der Waals surface area contributed by atoms with E-state index in [0.29, 0.717) is 6.04 Å². The van der Waals surface area contributed by atoms with Crippen LogP contribution in [-0.4, -0.2) is 57.1 Å². The third-order valence-corrected chi connectivity index (χ3v) is 5.14. The molecule has 3 atom stereocenters. The second kappa shape index (κ2) is 7.44. The van der Waals surface area contributed by atoms with E-state index in [1.807, 2.05) is 6.07 Å². The molecule has 3 rings (SSSR count). The molecule has 1 aromatic rings. The van der Waals surface area contributed by atoms with E-state index in [2.05, 4.69) is 34.9 Å². The summed E-state index contributed by atoms with van der Waals surface area (Å²) in [6.45, 7) is 1.12. The molecule has 22 heavy (non-hydrogen) atoms. The summed E-state index contributed by atoms with van der Waals surface area (Å²) in [7, 11) is 7.16. The molecule has 1 aliphatic carbocycles. The Morgan fingerprint density at radius 3 is 2.64 bits per heavy atom. The maximum atomic E-state index is 9.98. The fraction of sp³-hybridized carbons (Fsp3) is 0.667. The van der Waals surface area contributed by atoms with E-state index in [4.69, 9.17) is 4.74 Å². The molecule has 1 heterocycles. The average molecular weight is 307 g/mol. The van der Waals surface area contributed by atoms with Crippen LogP contribution in [0.4, 0.5) is 0 Å². The van der Waals surface area contributed by atoms with Crippen molar-refractivity contribution >= 4 is 0 Å². The minimum atomic E-state index is -0.135. The number of methoxy groups -OCH3 is 2. The average Bonchev–Trinajstić information content (AvgIpc) is 2.86. The minimum absolute atomic E-state index is 0.135. The van der Waals surface area contributed by atoms with Gasteiger partial charge in [0.25, 0.3) is 0 Å². The number of aliphatic hydroxyl groups is 1. The summed E-state index contributed by atoms with van der Waals surface area (Å²) >= 11 is 0. The normalized spacial score (nSPS) is 31.1. The lowest BCUT2D eigenvalue weighted by molar-refractivity contribution is 0.0567. The van der Waals surface area contributed by atoms with Crippen molar-refractivity contribution in [2.24, 2.45) is 0 Å². The van der Waals surface area contributed by atoms with Gasteiger partial charge in [-0.2, -0.15) is 0 Å². The molecule has 0 bridgehead atoms. The molecule has 2 unspecified atom stereocenters. The van der Waals surface area contributed by atoms with Crippen molar-refractivity contribution in [3.05, 3.63) is 29.8 Å². The molecule has 0 radical (unpaired) electrons. The summed E-state index contributed by atoms with van der Waals surface area (Å²) in [4.78, 5) is 2.42. The van der Waals surface area contributed by atoms with E-state index in [-0.39, 0.29) is 11.5 Å². The Hall–Kier alpha value is -1.10. The summed E-state index contributed by atoms with van der Waals surface area (Å²) < 4.78 is 9.63. The number of aliphatic hydroxyl groups excluding tert-OH is 1. The van der Waals surface area contributed by atoms with Crippen LogP contribution in [0.15, 0.2) is 24.3 Å². The Bertz CT molecular complexity index is 479. The number of rotatable bonds is 2. The van der Waals surface area contributed by atoms with Gasteiger partial charge in [-0.1, -0.05) is 12.1 Å². The maximum Gasteiger partial charge on any atom is 0.119 e. The quantitative estimate of drug-likeness (QED) is 0.911. The molecule has 0 amide bonds. The molecular formula is C18H29NO3. The molecule has 1 aromatic carbocycles. The van der Waals surface area contributed by atoms with Gasteiger partial charge in [-0.25, -0.2) is 0 Å². The highest BCUT2D eigenvalue weighted by Crippen LogP contribution is 2.48. The second-order valence-electron chi connectivity index (χ2n) is 6.47. The van der Waals surface area contributed by atoms with Crippen LogP contribution in [-0.2, 0) is 10.2 Å². The fourth-order valence-corrected chi connectivity index (χ4v) is 4.03. The highest BCUT2D eigenvalue weighted by Gasteiger charge is 2.50. The van der Waals surface area contributed by atoms with Crippen LogP contribution < -0.4 is 4.74 Å². The smallest absolute Gasteiger partial charge is 0.119 e. The van der Waals surface area contributed by atoms with Crippen LogP contribution in [0, 0.1) is 0 Å². The molecule has 0 aromatic heterocycles. The first-order chi connectivity index (χ1) is 10.6. The molecule has 2 fully saturated rings. The molecule has 1 N–H and O–H groups in total. The van der Waals surface area contributed by atoms with Gasteiger partial charge in [-0.15, -0.1) is 0 Å². The topological polar surface area (TPSA) is 41.9 Å². The van der Waals surface area contributed by atoms with Crippen molar-refractivity contribution in [1.82, 2.24) is 4.90 Å². The number of benzene rings is 1. The molecule has 2 aliphatic rings. The number of likely N-dealkylation sites (N-methyl/N-ethyl adjacent to an activating group) is 1. The zero-order valence-electron chi connectivity index (χ0n) is 14.2. The van der Waals surface area contributed by atoms with E-state index >= 15 is 0 Å². The van der Waals surface area contributed by atoms with Gasteiger partial charge in [-0.3, -0.25) is 0 Å². The van der Waals surface area contributed by atoms with Gasteiger partial charge in [-0.05, 0) is 57.0 Å². The van der Waals surface area contributed by atoms with Gasteiger partial charge in [0.15, 0.2) is 0 Å². The van der Waals surface area contributed by atoms with Crippen molar-refractivity contribution < 1.29 is 14.6 Å². The third-order valence-electron chi connectivity index (χ3n) is 5.14. The highest BCUT2D eigenvalue weighted by molar-refractivity contribution is 5.37. The predicted octanol–water partition coefficient (Wildman–Crippen LogP) is 2.44. The Labute approximate surface area is 134 Å². The number of likely N-dealkylation sites (tertiary alicyclic amines) is 1. The van der Waals surface area contributed by atoms with Gasteiger partial charge >= 0.3 is 0 Å². The van der Waals surface area contributed by atoms with Gasteiger partial charge in [0.2, 0.25) is 0 Å². The summed E-state index contributed by atoms with van der Waals surface area (Å²) in [6.07, 6.45) is 3.95. The first-order valence-corrected chi connectivity index (χ1v) is 8.00. The number of fused-ring (bicyclic) bond motifs is 1. The van der Waals surface area contributed by atoms with Gasteiger partial charge in [0.1, 0.15) is 5.75 Å². The third kappa shape index (κ3) is 3.29. The van der Waals surface area contributed by atoms with Crippen molar-refractivity contribution in [2.45, 2.75) is 43.2 Å². The predicted molar refractivity (Wildman–Crippen MR) is 88.5 cm³/mol. The van der Waals surface area contributed by atoms with Gasteiger partial charge < -0.3 is 19.5 Å². The van der Waals surface area contributed by atoms with Gasteiger partial charge in [0.05, 0.1) is 13.2 Å². The van der Waals surface area contributed by atoms with Crippen LogP contribution in [0.5, 0.6) is 5.75 Å². The molecule has 124 valence electrons. The monoisotopic (exact) mass is 307 g/mol. The Kier molecular flexibility index (Phi) is 5.84. The van der Waals surface area contributed by atoms with Crippen molar-refractivity contribution in [3.63, 3.8) is 0 Å². The highest BCUT2D eigenvalue weighted by atomic mass is 16.5. The number of ether oxygens (including phenoxy) is 2.